The van der Waals surface area contributed by atoms with Gasteiger partial charge in [0.15, 0.2) is 0 Å². The lowest BCUT2D eigenvalue weighted by molar-refractivity contribution is -0.757. The third-order valence-electron chi connectivity index (χ3n) is 2.81. The van der Waals surface area contributed by atoms with E-state index in [1.807, 2.05) is 7.05 Å². The van der Waals surface area contributed by atoms with Crippen molar-refractivity contribution in [1.29, 1.82) is 0 Å². The number of carbonyl (C=O) groups excluding carboxylic acids is 1. The molecule has 1 heterocycles. The smallest absolute Gasteiger partial charge is 0.294 e. The van der Waals surface area contributed by atoms with Crippen molar-refractivity contribution in [2.45, 2.75) is 19.3 Å². The molecule has 0 aromatic carbocycles. The van der Waals surface area contributed by atoms with E-state index in [4.69, 9.17) is 0 Å². The van der Waals surface area contributed by atoms with Crippen LogP contribution in [0.2, 0.25) is 0 Å². The number of rotatable bonds is 6. The molecule has 1 rings (SSSR count). The minimum absolute atomic E-state index is 0.0256. The zero-order valence-electron chi connectivity index (χ0n) is 10.1. The second-order valence-corrected chi connectivity index (χ2v) is 4.30. The highest BCUT2D eigenvalue weighted by atomic mass is 16.9. The number of hydrogen-bond acceptors (Lipinski definition) is 5. The zero-order chi connectivity index (χ0) is 12.7. The highest BCUT2D eigenvalue weighted by Crippen LogP contribution is 2.14. The maximum absolute atomic E-state index is 11.7. The van der Waals surface area contributed by atoms with Gasteiger partial charge in [-0.05, 0) is 32.9 Å². The van der Waals surface area contributed by atoms with Crippen molar-refractivity contribution in [2.75, 3.05) is 33.3 Å². The predicted molar refractivity (Wildman–Crippen MR) is 60.8 cm³/mol. The van der Waals surface area contributed by atoms with Crippen LogP contribution in [0.5, 0.6) is 0 Å². The second kappa shape index (κ2) is 7.05. The van der Waals surface area contributed by atoms with Crippen molar-refractivity contribution in [2.24, 2.45) is 5.92 Å². The Kier molecular flexibility index (Phi) is 5.68. The van der Waals surface area contributed by atoms with Gasteiger partial charge in [0.25, 0.3) is 5.09 Å². The molecule has 0 aromatic heterocycles. The first kappa shape index (κ1) is 13.7. The van der Waals surface area contributed by atoms with Crippen molar-refractivity contribution in [3.8, 4) is 0 Å². The summed E-state index contributed by atoms with van der Waals surface area (Å²) in [5, 5.41) is 11.8. The lowest BCUT2D eigenvalue weighted by Crippen LogP contribution is -2.41. The van der Waals surface area contributed by atoms with Crippen molar-refractivity contribution in [3.05, 3.63) is 10.1 Å². The molecular formula is C10H19N3O4. The normalized spacial score (nSPS) is 20.9. The number of likely N-dealkylation sites (tertiary alicyclic amines) is 1. The predicted octanol–water partition coefficient (Wildman–Crippen LogP) is 0.0428. The van der Waals surface area contributed by atoms with Crippen molar-refractivity contribution in [1.82, 2.24) is 10.2 Å². The van der Waals surface area contributed by atoms with Crippen LogP contribution in [0.1, 0.15) is 19.3 Å². The first-order valence-corrected chi connectivity index (χ1v) is 5.83. The van der Waals surface area contributed by atoms with E-state index >= 15 is 0 Å². The Bertz CT molecular complexity index is 272. The van der Waals surface area contributed by atoms with Gasteiger partial charge in [-0.1, -0.05) is 0 Å². The molecule has 1 atom stereocenters. The Morgan fingerprint density at radius 3 is 3.06 bits per heavy atom. The first-order chi connectivity index (χ1) is 8.09. The number of carbonyl (C=O) groups is 1. The second-order valence-electron chi connectivity index (χ2n) is 4.30. The topological polar surface area (TPSA) is 84.7 Å². The quantitative estimate of drug-likeness (QED) is 0.406. The van der Waals surface area contributed by atoms with Gasteiger partial charge in [-0.15, -0.1) is 10.1 Å². The van der Waals surface area contributed by atoms with Gasteiger partial charge in [-0.3, -0.25) is 4.79 Å². The molecule has 98 valence electrons. The molecule has 7 heteroatoms. The molecule has 0 spiro atoms. The molecule has 1 aliphatic rings. The van der Waals surface area contributed by atoms with Crippen LogP contribution in [-0.4, -0.2) is 49.2 Å². The fourth-order valence-electron chi connectivity index (χ4n) is 1.95. The summed E-state index contributed by atoms with van der Waals surface area (Å²) in [7, 11) is 2.00. The van der Waals surface area contributed by atoms with Crippen LogP contribution in [0.15, 0.2) is 0 Å². The van der Waals surface area contributed by atoms with E-state index in [2.05, 4.69) is 15.1 Å². The molecule has 0 bridgehead atoms. The molecule has 1 fully saturated rings. The van der Waals surface area contributed by atoms with Gasteiger partial charge >= 0.3 is 0 Å². The molecule has 0 radical (unpaired) electrons. The Balaban J connectivity index is 2.10. The summed E-state index contributed by atoms with van der Waals surface area (Å²) in [4.78, 5) is 27.9. The molecule has 1 N–H and O–H groups in total. The minimum Gasteiger partial charge on any atom is -0.356 e. The number of nitrogens with zero attached hydrogens (tertiary/aromatic N) is 2. The Morgan fingerprint density at radius 1 is 1.65 bits per heavy atom. The molecule has 1 amide bonds. The molecular weight excluding hydrogens is 226 g/mol. The summed E-state index contributed by atoms with van der Waals surface area (Å²) in [5.74, 6) is 0.0860. The van der Waals surface area contributed by atoms with Gasteiger partial charge in [0.1, 0.15) is 0 Å². The van der Waals surface area contributed by atoms with Gasteiger partial charge in [0.2, 0.25) is 5.91 Å². The Morgan fingerprint density at radius 2 is 2.41 bits per heavy atom. The van der Waals surface area contributed by atoms with Crippen LogP contribution >= 0.6 is 0 Å². The lowest BCUT2D eigenvalue weighted by Gasteiger charge is -2.28. The fraction of sp³-hybridized carbons (Fsp3) is 0.900. The van der Waals surface area contributed by atoms with Gasteiger partial charge in [-0.25, -0.2) is 0 Å². The number of amides is 1. The molecule has 0 saturated carbocycles. The molecule has 1 unspecified atom stereocenters. The average molecular weight is 245 g/mol. The van der Waals surface area contributed by atoms with E-state index in [1.165, 1.54) is 0 Å². The Hall–Kier alpha value is -1.37. The van der Waals surface area contributed by atoms with E-state index < -0.39 is 5.09 Å². The summed E-state index contributed by atoms with van der Waals surface area (Å²) in [5.41, 5.74) is 0. The van der Waals surface area contributed by atoms with E-state index in [-0.39, 0.29) is 18.4 Å². The zero-order valence-corrected chi connectivity index (χ0v) is 10.1. The van der Waals surface area contributed by atoms with Gasteiger partial charge < -0.3 is 15.1 Å². The summed E-state index contributed by atoms with van der Waals surface area (Å²) in [6.07, 6.45) is 2.41. The maximum atomic E-state index is 11.7. The van der Waals surface area contributed by atoms with Crippen molar-refractivity contribution in [3.63, 3.8) is 0 Å². The van der Waals surface area contributed by atoms with Crippen LogP contribution < -0.4 is 5.32 Å². The standard InChI is InChI=1S/C10H19N3O4/c1-12-6-2-4-9(8-12)10(14)11-5-3-7-17-13(15)16/h9H,2-8H2,1H3,(H,11,14). The Labute approximate surface area is 100 Å². The van der Waals surface area contributed by atoms with Crippen molar-refractivity contribution >= 4 is 5.91 Å². The number of nitrogens with one attached hydrogen (secondary N) is 1. The van der Waals surface area contributed by atoms with Crippen LogP contribution in [0.4, 0.5) is 0 Å². The SMILES string of the molecule is CN1CCCC(C(=O)NCCCO[N+](=O)[O-])C1. The van der Waals surface area contributed by atoms with Gasteiger partial charge in [0, 0.05) is 13.1 Å². The van der Waals surface area contributed by atoms with E-state index in [0.717, 1.165) is 25.9 Å². The van der Waals surface area contributed by atoms with E-state index in [0.29, 0.717) is 13.0 Å². The largest absolute Gasteiger partial charge is 0.356 e. The van der Waals surface area contributed by atoms with Crippen LogP contribution in [0.3, 0.4) is 0 Å². The van der Waals surface area contributed by atoms with E-state index in [1.54, 1.807) is 0 Å². The molecule has 17 heavy (non-hydrogen) atoms. The highest BCUT2D eigenvalue weighted by Gasteiger charge is 2.23. The average Bonchev–Trinajstić information content (AvgIpc) is 2.28. The van der Waals surface area contributed by atoms with Gasteiger partial charge in [0.05, 0.1) is 12.5 Å². The summed E-state index contributed by atoms with van der Waals surface area (Å²) in [6, 6.07) is 0. The van der Waals surface area contributed by atoms with Crippen LogP contribution in [-0.2, 0) is 9.63 Å². The number of hydrogen-bond donors (Lipinski definition) is 1. The van der Waals surface area contributed by atoms with Crippen LogP contribution in [0, 0.1) is 16.0 Å². The fourth-order valence-corrected chi connectivity index (χ4v) is 1.95. The maximum Gasteiger partial charge on any atom is 0.294 e. The summed E-state index contributed by atoms with van der Waals surface area (Å²) >= 11 is 0. The number of piperidine rings is 1. The van der Waals surface area contributed by atoms with Crippen LogP contribution in [0.25, 0.3) is 0 Å². The van der Waals surface area contributed by atoms with E-state index in [9.17, 15) is 14.9 Å². The summed E-state index contributed by atoms with van der Waals surface area (Å²) < 4.78 is 0. The third kappa shape index (κ3) is 5.48. The molecule has 1 aliphatic heterocycles. The molecule has 0 aromatic rings. The summed E-state index contributed by atoms with van der Waals surface area (Å²) in [6.45, 7) is 2.28. The highest BCUT2D eigenvalue weighted by molar-refractivity contribution is 5.78. The van der Waals surface area contributed by atoms with Gasteiger partial charge in [-0.2, -0.15) is 0 Å². The molecule has 1 saturated heterocycles. The lowest BCUT2D eigenvalue weighted by atomic mass is 9.98. The molecule has 0 aliphatic carbocycles. The van der Waals surface area contributed by atoms with Crippen molar-refractivity contribution < 1.29 is 14.7 Å². The first-order valence-electron chi connectivity index (χ1n) is 5.83. The minimum atomic E-state index is -0.822. The molecule has 7 nitrogen and oxygen atoms in total. The third-order valence-corrected chi connectivity index (χ3v) is 2.81. The monoisotopic (exact) mass is 245 g/mol.